The predicted octanol–water partition coefficient (Wildman–Crippen LogP) is 1.72. The van der Waals surface area contributed by atoms with E-state index in [1.54, 1.807) is 25.2 Å². The van der Waals surface area contributed by atoms with Crippen molar-refractivity contribution < 1.29 is 9.26 Å². The lowest BCUT2D eigenvalue weighted by molar-refractivity contribution is 0.184. The lowest BCUT2D eigenvalue weighted by Gasteiger charge is -2.07. The van der Waals surface area contributed by atoms with Crippen LogP contribution in [0.25, 0.3) is 0 Å². The summed E-state index contributed by atoms with van der Waals surface area (Å²) < 4.78 is 12.2. The van der Waals surface area contributed by atoms with Gasteiger partial charge in [0.15, 0.2) is 11.0 Å². The number of rotatable bonds is 7. The molecule has 0 aliphatic rings. The highest BCUT2D eigenvalue weighted by Crippen LogP contribution is 2.32. The van der Waals surface area contributed by atoms with E-state index in [0.29, 0.717) is 12.5 Å². The third kappa shape index (κ3) is 3.54. The molecule has 0 unspecified atom stereocenters. The molecular weight excluding hydrogens is 266 g/mol. The maximum atomic E-state index is 5.22. The lowest BCUT2D eigenvalue weighted by Crippen LogP contribution is -2.05. The summed E-state index contributed by atoms with van der Waals surface area (Å²) >= 11 is 1.54. The molecule has 7 nitrogen and oxygen atoms in total. The van der Waals surface area contributed by atoms with Crippen LogP contribution in [0, 0.1) is 0 Å². The van der Waals surface area contributed by atoms with Crippen LogP contribution in [0.3, 0.4) is 0 Å². The average Bonchev–Trinajstić information content (AvgIpc) is 3.05. The molecule has 0 saturated heterocycles. The smallest absolute Gasteiger partial charge is 0.239 e. The second kappa shape index (κ2) is 6.67. The fourth-order valence-electron chi connectivity index (χ4n) is 1.46. The van der Waals surface area contributed by atoms with Gasteiger partial charge in [-0.2, -0.15) is 4.98 Å². The van der Waals surface area contributed by atoms with Crippen molar-refractivity contribution in [3.8, 4) is 0 Å². The first-order valence-corrected chi connectivity index (χ1v) is 6.98. The number of hydrogen-bond acceptors (Lipinski definition) is 7. The summed E-state index contributed by atoms with van der Waals surface area (Å²) in [6.45, 7) is 5.35. The van der Waals surface area contributed by atoms with Crippen molar-refractivity contribution in [2.24, 2.45) is 0 Å². The van der Waals surface area contributed by atoms with Gasteiger partial charge in [-0.25, -0.2) is 0 Å². The third-order valence-corrected chi connectivity index (χ3v) is 3.63. The highest BCUT2D eigenvalue weighted by Gasteiger charge is 2.18. The topological polar surface area (TPSA) is 78.9 Å². The standard InChI is InChI=1S/C11H17N5O2S/c1-4-9-13-10(18-15-9)8(2)19-11-14-12-7-16(11)5-6-17-3/h7-8H,4-6H2,1-3H3/t8-/m1/s1. The molecule has 19 heavy (non-hydrogen) atoms. The molecule has 0 radical (unpaired) electrons. The molecular formula is C11H17N5O2S. The summed E-state index contributed by atoms with van der Waals surface area (Å²) in [6, 6.07) is 0. The number of aromatic nitrogens is 5. The van der Waals surface area contributed by atoms with Crippen LogP contribution in [0.2, 0.25) is 0 Å². The molecule has 0 aliphatic heterocycles. The number of thioether (sulfide) groups is 1. The number of ether oxygens (including phenoxy) is 1. The normalized spacial score (nSPS) is 12.8. The molecule has 0 amide bonds. The Kier molecular flexibility index (Phi) is 4.92. The molecule has 0 saturated carbocycles. The van der Waals surface area contributed by atoms with Crippen molar-refractivity contribution in [1.29, 1.82) is 0 Å². The van der Waals surface area contributed by atoms with E-state index in [0.717, 1.165) is 23.9 Å². The summed E-state index contributed by atoms with van der Waals surface area (Å²) in [5.74, 6) is 1.34. The van der Waals surface area contributed by atoms with Gasteiger partial charge in [-0.15, -0.1) is 10.2 Å². The van der Waals surface area contributed by atoms with E-state index in [1.807, 2.05) is 18.4 Å². The maximum Gasteiger partial charge on any atom is 0.239 e. The van der Waals surface area contributed by atoms with Crippen LogP contribution in [0.1, 0.15) is 30.8 Å². The highest BCUT2D eigenvalue weighted by molar-refractivity contribution is 7.99. The van der Waals surface area contributed by atoms with E-state index in [2.05, 4.69) is 20.3 Å². The molecule has 0 N–H and O–H groups in total. The highest BCUT2D eigenvalue weighted by atomic mass is 32.2. The van der Waals surface area contributed by atoms with Gasteiger partial charge in [0.1, 0.15) is 6.33 Å². The van der Waals surface area contributed by atoms with Crippen molar-refractivity contribution in [2.75, 3.05) is 13.7 Å². The van der Waals surface area contributed by atoms with E-state index >= 15 is 0 Å². The zero-order valence-corrected chi connectivity index (χ0v) is 12.1. The Morgan fingerprint density at radius 2 is 2.37 bits per heavy atom. The van der Waals surface area contributed by atoms with Crippen LogP contribution in [0.15, 0.2) is 16.0 Å². The first-order valence-electron chi connectivity index (χ1n) is 6.10. The largest absolute Gasteiger partial charge is 0.383 e. The molecule has 0 spiro atoms. The van der Waals surface area contributed by atoms with Crippen LogP contribution < -0.4 is 0 Å². The molecule has 0 aromatic carbocycles. The predicted molar refractivity (Wildman–Crippen MR) is 69.8 cm³/mol. The Labute approximate surface area is 115 Å². The Morgan fingerprint density at radius 3 is 3.05 bits per heavy atom. The zero-order valence-electron chi connectivity index (χ0n) is 11.2. The van der Waals surface area contributed by atoms with E-state index in [-0.39, 0.29) is 5.25 Å². The number of hydrogen-bond donors (Lipinski definition) is 0. The molecule has 0 bridgehead atoms. The van der Waals surface area contributed by atoms with E-state index < -0.39 is 0 Å². The van der Waals surface area contributed by atoms with Gasteiger partial charge in [-0.1, -0.05) is 23.8 Å². The number of methoxy groups -OCH3 is 1. The van der Waals surface area contributed by atoms with Gasteiger partial charge in [0.25, 0.3) is 0 Å². The molecule has 0 fully saturated rings. The minimum absolute atomic E-state index is 0.0401. The minimum Gasteiger partial charge on any atom is -0.383 e. The Morgan fingerprint density at radius 1 is 1.53 bits per heavy atom. The Hall–Kier alpha value is -1.41. The first-order chi connectivity index (χ1) is 9.24. The average molecular weight is 283 g/mol. The second-order valence-electron chi connectivity index (χ2n) is 3.96. The number of nitrogens with zero attached hydrogens (tertiary/aromatic N) is 5. The van der Waals surface area contributed by atoms with Gasteiger partial charge >= 0.3 is 0 Å². The van der Waals surface area contributed by atoms with Crippen molar-refractivity contribution in [3.63, 3.8) is 0 Å². The van der Waals surface area contributed by atoms with Crippen molar-refractivity contribution in [2.45, 2.75) is 37.2 Å². The summed E-state index contributed by atoms with van der Waals surface area (Å²) in [4.78, 5) is 4.32. The molecule has 2 aromatic heterocycles. The van der Waals surface area contributed by atoms with Crippen LogP contribution in [-0.4, -0.2) is 38.6 Å². The third-order valence-electron chi connectivity index (χ3n) is 2.55. The van der Waals surface area contributed by atoms with Crippen LogP contribution in [0.4, 0.5) is 0 Å². The second-order valence-corrected chi connectivity index (χ2v) is 5.27. The lowest BCUT2D eigenvalue weighted by atomic mass is 10.4. The fourth-order valence-corrected chi connectivity index (χ4v) is 2.34. The van der Waals surface area contributed by atoms with Crippen molar-refractivity contribution in [3.05, 3.63) is 18.0 Å². The van der Waals surface area contributed by atoms with Gasteiger partial charge in [0.05, 0.1) is 11.9 Å². The van der Waals surface area contributed by atoms with Crippen LogP contribution in [-0.2, 0) is 17.7 Å². The van der Waals surface area contributed by atoms with Crippen molar-refractivity contribution in [1.82, 2.24) is 24.9 Å². The molecule has 2 aromatic rings. The summed E-state index contributed by atoms with van der Waals surface area (Å²) in [7, 11) is 1.67. The first kappa shape index (κ1) is 14.0. The summed E-state index contributed by atoms with van der Waals surface area (Å²) in [6.07, 6.45) is 2.46. The molecule has 8 heteroatoms. The molecule has 2 heterocycles. The van der Waals surface area contributed by atoms with Crippen LogP contribution >= 0.6 is 11.8 Å². The van der Waals surface area contributed by atoms with Gasteiger partial charge in [-0.3, -0.25) is 0 Å². The SMILES string of the molecule is CCc1noc([C@@H](C)Sc2nncn2CCOC)n1. The monoisotopic (exact) mass is 283 g/mol. The van der Waals surface area contributed by atoms with Crippen molar-refractivity contribution >= 4 is 11.8 Å². The summed E-state index contributed by atoms with van der Waals surface area (Å²) in [5, 5.41) is 12.8. The molecule has 104 valence electrons. The molecule has 2 rings (SSSR count). The molecule has 0 aliphatic carbocycles. The van der Waals surface area contributed by atoms with Gasteiger partial charge in [-0.05, 0) is 6.92 Å². The number of aryl methyl sites for hydroxylation is 1. The fraction of sp³-hybridized carbons (Fsp3) is 0.636. The molecule has 1 atom stereocenters. The quantitative estimate of drug-likeness (QED) is 0.716. The zero-order chi connectivity index (χ0) is 13.7. The van der Waals surface area contributed by atoms with Gasteiger partial charge in [0, 0.05) is 20.1 Å². The van der Waals surface area contributed by atoms with Gasteiger partial charge < -0.3 is 13.8 Å². The summed E-state index contributed by atoms with van der Waals surface area (Å²) in [5.41, 5.74) is 0. The van der Waals surface area contributed by atoms with E-state index in [4.69, 9.17) is 9.26 Å². The van der Waals surface area contributed by atoms with E-state index in [1.165, 1.54) is 0 Å². The van der Waals surface area contributed by atoms with E-state index in [9.17, 15) is 0 Å². The maximum absolute atomic E-state index is 5.22. The Bertz CT molecular complexity index is 513. The van der Waals surface area contributed by atoms with Gasteiger partial charge in [0.2, 0.25) is 5.89 Å². The van der Waals surface area contributed by atoms with Crippen LogP contribution in [0.5, 0.6) is 0 Å². The Balaban J connectivity index is 2.01. The minimum atomic E-state index is 0.0401.